The molecule has 0 unspecified atom stereocenters. The highest BCUT2D eigenvalue weighted by Gasteiger charge is 2.91. The first-order valence-corrected chi connectivity index (χ1v) is 12.6. The predicted octanol–water partition coefficient (Wildman–Crippen LogP) is 1.08. The number of aliphatic hydroxyl groups is 1. The number of Topliss-reactive ketones (excluding diaryl/α,β-unsaturated/α-hetero) is 1. The summed E-state index contributed by atoms with van der Waals surface area (Å²) in [5.41, 5.74) is -5.48. The lowest BCUT2D eigenvalue weighted by molar-refractivity contribution is -0.197. The minimum absolute atomic E-state index is 0.0352. The molecular formula is C26H32O12. The Morgan fingerprint density at radius 2 is 1.53 bits per heavy atom. The van der Waals surface area contributed by atoms with Crippen LogP contribution in [0.1, 0.15) is 54.9 Å². The van der Waals surface area contributed by atoms with E-state index >= 15 is 0 Å². The number of carbonyl (C=O) groups is 5. The van der Waals surface area contributed by atoms with Crippen molar-refractivity contribution in [2.24, 2.45) is 17.3 Å². The molecule has 12 nitrogen and oxygen atoms in total. The maximum absolute atomic E-state index is 13.2. The normalized spacial score (nSPS) is 48.6. The molecule has 12 heteroatoms. The monoisotopic (exact) mass is 536 g/mol. The second-order valence-electron chi connectivity index (χ2n) is 11.6. The van der Waals surface area contributed by atoms with Crippen LogP contribution in [0.4, 0.5) is 0 Å². The van der Waals surface area contributed by atoms with E-state index in [4.69, 9.17) is 28.4 Å². The van der Waals surface area contributed by atoms with Crippen LogP contribution in [-0.2, 0) is 52.4 Å². The average molecular weight is 537 g/mol. The number of esters is 4. The lowest BCUT2D eigenvalue weighted by Gasteiger charge is -2.51. The number of rotatable bonds is 3. The molecule has 2 aliphatic carbocycles. The van der Waals surface area contributed by atoms with Gasteiger partial charge in [-0.3, -0.25) is 19.2 Å². The van der Waals surface area contributed by atoms with Gasteiger partial charge in [0.1, 0.15) is 24.4 Å². The van der Waals surface area contributed by atoms with Gasteiger partial charge in [-0.05, 0) is 19.9 Å². The Hall–Kier alpha value is -2.99. The number of fused-ring (bicyclic) bond motifs is 3. The second kappa shape index (κ2) is 8.01. The fourth-order valence-corrected chi connectivity index (χ4v) is 7.21. The summed E-state index contributed by atoms with van der Waals surface area (Å²) < 4.78 is 35.3. The molecule has 3 heterocycles. The van der Waals surface area contributed by atoms with Gasteiger partial charge in [0.2, 0.25) is 0 Å². The van der Waals surface area contributed by atoms with Gasteiger partial charge in [-0.1, -0.05) is 13.8 Å². The average Bonchev–Trinajstić information content (AvgIpc) is 3.62. The number of epoxide rings is 2. The van der Waals surface area contributed by atoms with Crippen LogP contribution in [0.25, 0.3) is 0 Å². The van der Waals surface area contributed by atoms with E-state index in [2.05, 4.69) is 0 Å². The lowest BCUT2D eigenvalue weighted by atomic mass is 9.56. The highest BCUT2D eigenvalue weighted by molar-refractivity contribution is 5.96. The van der Waals surface area contributed by atoms with E-state index < -0.39 is 100.0 Å². The summed E-state index contributed by atoms with van der Waals surface area (Å²) >= 11 is 0. The predicted molar refractivity (Wildman–Crippen MR) is 123 cm³/mol. The Bertz CT molecular complexity index is 1180. The van der Waals surface area contributed by atoms with Crippen LogP contribution in [0.5, 0.6) is 0 Å². The van der Waals surface area contributed by atoms with E-state index in [1.54, 1.807) is 20.8 Å². The van der Waals surface area contributed by atoms with Gasteiger partial charge in [0.15, 0.2) is 28.8 Å². The van der Waals surface area contributed by atoms with Gasteiger partial charge < -0.3 is 33.5 Å². The van der Waals surface area contributed by atoms with Gasteiger partial charge in [0.25, 0.3) is 0 Å². The number of hydrogen-bond acceptors (Lipinski definition) is 12. The van der Waals surface area contributed by atoms with E-state index in [1.807, 2.05) is 0 Å². The molecule has 5 rings (SSSR count). The van der Waals surface area contributed by atoms with Crippen LogP contribution in [0.2, 0.25) is 0 Å². The molecule has 0 aromatic heterocycles. The fraction of sp³-hybridized carbons (Fsp3) is 0.731. The SMILES string of the molecule is CC(=O)O[C@H]1C[C@@]2(C)O[C@H]2[C@@H]2OC(=O)[C@]3(C)O[C@]23[C@@H](OC(C)=O)[C@H]2[C@@H](C)C(=O)C(O)=C[C@]2(C)[C@H]1OC(C)=O. The van der Waals surface area contributed by atoms with Crippen molar-refractivity contribution in [3.05, 3.63) is 11.8 Å². The van der Waals surface area contributed by atoms with Gasteiger partial charge >= 0.3 is 23.9 Å². The van der Waals surface area contributed by atoms with Crippen LogP contribution < -0.4 is 0 Å². The summed E-state index contributed by atoms with van der Waals surface area (Å²) in [5.74, 6) is -5.97. The summed E-state index contributed by atoms with van der Waals surface area (Å²) in [4.78, 5) is 63.3. The molecular weight excluding hydrogens is 504 g/mol. The zero-order chi connectivity index (χ0) is 28.2. The van der Waals surface area contributed by atoms with Crippen molar-refractivity contribution in [2.75, 3.05) is 0 Å². The molecule has 3 saturated heterocycles. The second-order valence-corrected chi connectivity index (χ2v) is 11.6. The largest absolute Gasteiger partial charge is 0.505 e. The zero-order valence-electron chi connectivity index (χ0n) is 22.3. The van der Waals surface area contributed by atoms with Gasteiger partial charge in [-0.15, -0.1) is 0 Å². The van der Waals surface area contributed by atoms with Gasteiger partial charge in [-0.2, -0.15) is 0 Å². The third-order valence-electron chi connectivity index (χ3n) is 8.92. The molecule has 1 spiro atoms. The molecule has 4 fully saturated rings. The maximum Gasteiger partial charge on any atom is 0.342 e. The van der Waals surface area contributed by atoms with Crippen LogP contribution in [0.15, 0.2) is 11.8 Å². The number of ether oxygens (including phenoxy) is 6. The molecule has 38 heavy (non-hydrogen) atoms. The smallest absolute Gasteiger partial charge is 0.342 e. The first kappa shape index (κ1) is 26.6. The van der Waals surface area contributed by atoms with Crippen molar-refractivity contribution < 1.29 is 57.5 Å². The topological polar surface area (TPSA) is 168 Å². The van der Waals surface area contributed by atoms with Crippen molar-refractivity contribution in [1.82, 2.24) is 0 Å². The van der Waals surface area contributed by atoms with Crippen molar-refractivity contribution in [2.45, 2.75) is 102 Å². The Morgan fingerprint density at radius 3 is 2.08 bits per heavy atom. The number of carbonyl (C=O) groups excluding carboxylic acids is 5. The Morgan fingerprint density at radius 1 is 0.947 bits per heavy atom. The standard InChI is InChI=1S/C26H32O12/c1-10-16-19(35-13(4)29)26-21(36-22(32)25(26,7)38-26)20-24(6,37-20)9-15(33-11(2)27)18(34-12(3)28)23(16,5)8-14(30)17(10)31/h8,10,15-16,18-21,30H,9H2,1-7H3/t10-,15+,16-,18+,19+,20+,21+,23+,24-,25+,26-/m1/s1. The summed E-state index contributed by atoms with van der Waals surface area (Å²) in [6.07, 6.45) is -4.08. The van der Waals surface area contributed by atoms with Gasteiger partial charge in [0, 0.05) is 44.4 Å². The molecule has 0 bridgehead atoms. The molecule has 208 valence electrons. The van der Waals surface area contributed by atoms with Crippen LogP contribution in [-0.4, -0.2) is 82.1 Å². The van der Waals surface area contributed by atoms with Crippen LogP contribution in [0, 0.1) is 17.3 Å². The summed E-state index contributed by atoms with van der Waals surface area (Å²) in [6.45, 7) is 10.0. The molecule has 1 N–H and O–H groups in total. The lowest BCUT2D eigenvalue weighted by Crippen LogP contribution is -2.63. The Labute approximate surface area is 218 Å². The van der Waals surface area contributed by atoms with Crippen molar-refractivity contribution in [1.29, 1.82) is 0 Å². The molecule has 11 atom stereocenters. The third-order valence-corrected chi connectivity index (χ3v) is 8.92. The molecule has 3 aliphatic heterocycles. The van der Waals surface area contributed by atoms with Crippen molar-refractivity contribution >= 4 is 29.7 Å². The molecule has 0 aromatic rings. The molecule has 1 saturated carbocycles. The summed E-state index contributed by atoms with van der Waals surface area (Å²) in [5, 5.41) is 10.7. The first-order valence-electron chi connectivity index (χ1n) is 12.6. The van der Waals surface area contributed by atoms with E-state index in [0.29, 0.717) is 0 Å². The third kappa shape index (κ3) is 3.45. The molecule has 5 aliphatic rings. The first-order chi connectivity index (χ1) is 17.5. The van der Waals surface area contributed by atoms with E-state index in [0.717, 1.165) is 0 Å². The molecule has 0 aromatic carbocycles. The van der Waals surface area contributed by atoms with E-state index in [1.165, 1.54) is 33.8 Å². The van der Waals surface area contributed by atoms with Crippen molar-refractivity contribution in [3.63, 3.8) is 0 Å². The maximum atomic E-state index is 13.2. The Kier molecular flexibility index (Phi) is 5.61. The summed E-state index contributed by atoms with van der Waals surface area (Å²) in [6, 6.07) is 0. The molecule has 0 amide bonds. The zero-order valence-corrected chi connectivity index (χ0v) is 22.3. The summed E-state index contributed by atoms with van der Waals surface area (Å²) in [7, 11) is 0. The minimum atomic E-state index is -1.52. The number of ketones is 1. The van der Waals surface area contributed by atoms with Crippen LogP contribution in [0.3, 0.4) is 0 Å². The highest BCUT2D eigenvalue weighted by Crippen LogP contribution is 2.68. The number of allylic oxidation sites excluding steroid dienone is 1. The van der Waals surface area contributed by atoms with E-state index in [-0.39, 0.29) is 6.42 Å². The minimum Gasteiger partial charge on any atom is -0.505 e. The Balaban J connectivity index is 1.79. The number of aliphatic hydroxyl groups excluding tert-OH is 1. The quantitative estimate of drug-likeness (QED) is 0.310. The number of hydrogen-bond donors (Lipinski definition) is 1. The van der Waals surface area contributed by atoms with Crippen LogP contribution >= 0.6 is 0 Å². The fourth-order valence-electron chi connectivity index (χ4n) is 7.21. The molecule has 0 radical (unpaired) electrons. The highest BCUT2D eigenvalue weighted by atomic mass is 16.8. The van der Waals surface area contributed by atoms with Gasteiger partial charge in [0.05, 0.1) is 5.60 Å². The van der Waals surface area contributed by atoms with E-state index in [9.17, 15) is 29.1 Å². The van der Waals surface area contributed by atoms with Gasteiger partial charge in [-0.25, -0.2) is 4.79 Å². The van der Waals surface area contributed by atoms with Crippen molar-refractivity contribution in [3.8, 4) is 0 Å².